The Hall–Kier alpha value is -3.66. The van der Waals surface area contributed by atoms with Crippen molar-refractivity contribution in [1.82, 2.24) is 0 Å². The predicted molar refractivity (Wildman–Crippen MR) is 135 cm³/mol. The number of benzene rings is 3. The maximum absolute atomic E-state index is 13.1. The molecule has 2 amide bonds. The molecule has 11 heteroatoms. The van der Waals surface area contributed by atoms with Crippen LogP contribution in [0.1, 0.15) is 20.7 Å². The zero-order valence-corrected chi connectivity index (χ0v) is 19.8. The summed E-state index contributed by atoms with van der Waals surface area (Å²) in [6.07, 6.45) is 0. The van der Waals surface area contributed by atoms with Crippen molar-refractivity contribution in [3.8, 4) is 0 Å². The molecular formula is C24H20Cl2N4O5. The number of anilines is 3. The van der Waals surface area contributed by atoms with E-state index in [0.717, 1.165) is 0 Å². The van der Waals surface area contributed by atoms with E-state index in [0.29, 0.717) is 48.4 Å². The van der Waals surface area contributed by atoms with E-state index in [2.05, 4.69) is 10.6 Å². The molecule has 1 aliphatic heterocycles. The zero-order valence-electron chi connectivity index (χ0n) is 18.3. The van der Waals surface area contributed by atoms with E-state index in [1.807, 2.05) is 4.90 Å². The standard InChI is InChI=1S/C24H20Cl2N4O5/c25-15-1-7-19(21(26)13-15)23(31)27-16-2-4-17(5-3-16)28-24(32)20-14-18(30(33)34)6-8-22(20)29-9-11-35-12-10-29/h1-8,13-14H,9-12H2,(H,27,31)(H,28,32). The third-order valence-electron chi connectivity index (χ3n) is 5.36. The van der Waals surface area contributed by atoms with E-state index < -0.39 is 16.7 Å². The van der Waals surface area contributed by atoms with Gasteiger partial charge in [-0.05, 0) is 48.5 Å². The molecule has 2 N–H and O–H groups in total. The first-order valence-corrected chi connectivity index (χ1v) is 11.4. The van der Waals surface area contributed by atoms with E-state index in [1.54, 1.807) is 36.4 Å². The summed E-state index contributed by atoms with van der Waals surface area (Å²) >= 11 is 12.0. The minimum Gasteiger partial charge on any atom is -0.378 e. The lowest BCUT2D eigenvalue weighted by molar-refractivity contribution is -0.384. The van der Waals surface area contributed by atoms with Gasteiger partial charge in [0, 0.05) is 41.6 Å². The number of hydrogen-bond donors (Lipinski definition) is 2. The van der Waals surface area contributed by atoms with Gasteiger partial charge in [-0.2, -0.15) is 0 Å². The van der Waals surface area contributed by atoms with Crippen molar-refractivity contribution in [1.29, 1.82) is 0 Å². The number of nitro groups is 1. The average molecular weight is 515 g/mol. The largest absolute Gasteiger partial charge is 0.378 e. The normalized spacial score (nSPS) is 13.3. The number of ether oxygens (including phenoxy) is 1. The molecule has 0 aromatic heterocycles. The number of halogens is 2. The summed E-state index contributed by atoms with van der Waals surface area (Å²) in [6.45, 7) is 2.16. The van der Waals surface area contributed by atoms with Crippen molar-refractivity contribution in [3.05, 3.63) is 92.0 Å². The molecule has 0 radical (unpaired) electrons. The number of morpholine rings is 1. The number of non-ortho nitro benzene ring substituents is 1. The first kappa shape index (κ1) is 24.5. The van der Waals surface area contributed by atoms with Crippen molar-refractivity contribution < 1.29 is 19.2 Å². The SMILES string of the molecule is O=C(Nc1ccc(NC(=O)c2cc([N+](=O)[O-])ccc2N2CCOCC2)cc1)c1ccc(Cl)cc1Cl. The fourth-order valence-corrected chi connectivity index (χ4v) is 4.10. The zero-order chi connectivity index (χ0) is 24.9. The molecule has 35 heavy (non-hydrogen) atoms. The van der Waals surface area contributed by atoms with Gasteiger partial charge >= 0.3 is 0 Å². The van der Waals surface area contributed by atoms with Gasteiger partial charge in [-0.3, -0.25) is 19.7 Å². The lowest BCUT2D eigenvalue weighted by atomic mass is 10.1. The molecule has 0 spiro atoms. The quantitative estimate of drug-likeness (QED) is 0.343. The van der Waals surface area contributed by atoms with Gasteiger partial charge < -0.3 is 20.3 Å². The molecule has 1 heterocycles. The second-order valence-corrected chi connectivity index (χ2v) is 8.51. The second-order valence-electron chi connectivity index (χ2n) is 7.67. The van der Waals surface area contributed by atoms with Gasteiger partial charge in [0.15, 0.2) is 0 Å². The molecule has 1 aliphatic rings. The lowest BCUT2D eigenvalue weighted by Crippen LogP contribution is -2.37. The highest BCUT2D eigenvalue weighted by atomic mass is 35.5. The molecule has 0 atom stereocenters. The maximum atomic E-state index is 13.1. The summed E-state index contributed by atoms with van der Waals surface area (Å²) in [5.41, 5.74) is 1.83. The molecule has 0 bridgehead atoms. The Morgan fingerprint density at radius 1 is 0.857 bits per heavy atom. The summed E-state index contributed by atoms with van der Waals surface area (Å²) in [7, 11) is 0. The summed E-state index contributed by atoms with van der Waals surface area (Å²) in [4.78, 5) is 38.3. The van der Waals surface area contributed by atoms with E-state index in [-0.39, 0.29) is 21.8 Å². The monoisotopic (exact) mass is 514 g/mol. The summed E-state index contributed by atoms with van der Waals surface area (Å²) in [5, 5.41) is 17.4. The minimum absolute atomic E-state index is 0.175. The molecule has 0 aliphatic carbocycles. The molecule has 9 nitrogen and oxygen atoms in total. The topological polar surface area (TPSA) is 114 Å². The number of carbonyl (C=O) groups excluding carboxylic acids is 2. The van der Waals surface area contributed by atoms with Gasteiger partial charge in [0.2, 0.25) is 0 Å². The molecule has 4 rings (SSSR count). The van der Waals surface area contributed by atoms with Crippen LogP contribution in [0.3, 0.4) is 0 Å². The molecule has 180 valence electrons. The van der Waals surface area contributed by atoms with Gasteiger partial charge in [0.25, 0.3) is 17.5 Å². The fourth-order valence-electron chi connectivity index (χ4n) is 3.61. The number of rotatable bonds is 6. The Morgan fingerprint density at radius 3 is 2.03 bits per heavy atom. The minimum atomic E-state index is -0.537. The molecule has 3 aromatic rings. The van der Waals surface area contributed by atoms with Crippen molar-refractivity contribution in [2.24, 2.45) is 0 Å². The highest BCUT2D eigenvalue weighted by molar-refractivity contribution is 6.37. The predicted octanol–water partition coefficient (Wildman–Crippen LogP) is 5.24. The van der Waals surface area contributed by atoms with Crippen LogP contribution < -0.4 is 15.5 Å². The van der Waals surface area contributed by atoms with E-state index >= 15 is 0 Å². The van der Waals surface area contributed by atoms with Gasteiger partial charge in [0.1, 0.15) is 0 Å². The van der Waals surface area contributed by atoms with Crippen molar-refractivity contribution in [2.75, 3.05) is 41.8 Å². The average Bonchev–Trinajstić information content (AvgIpc) is 2.85. The fraction of sp³-hybridized carbons (Fsp3) is 0.167. The van der Waals surface area contributed by atoms with Gasteiger partial charge in [-0.15, -0.1) is 0 Å². The summed E-state index contributed by atoms with van der Waals surface area (Å²) in [5.74, 6) is -0.893. The van der Waals surface area contributed by atoms with Crippen LogP contribution in [0.15, 0.2) is 60.7 Å². The highest BCUT2D eigenvalue weighted by Gasteiger charge is 2.22. The Balaban J connectivity index is 1.49. The third-order valence-corrected chi connectivity index (χ3v) is 5.91. The Morgan fingerprint density at radius 2 is 1.46 bits per heavy atom. The lowest BCUT2D eigenvalue weighted by Gasteiger charge is -2.30. The third kappa shape index (κ3) is 5.89. The van der Waals surface area contributed by atoms with Crippen molar-refractivity contribution >= 4 is 57.8 Å². The van der Waals surface area contributed by atoms with Crippen LogP contribution in [-0.4, -0.2) is 43.0 Å². The number of amides is 2. The van der Waals surface area contributed by atoms with Crippen LogP contribution in [0.2, 0.25) is 10.0 Å². The summed E-state index contributed by atoms with van der Waals surface area (Å²) < 4.78 is 5.36. The first-order chi connectivity index (χ1) is 16.8. The first-order valence-electron chi connectivity index (χ1n) is 10.6. The maximum Gasteiger partial charge on any atom is 0.270 e. The van der Waals surface area contributed by atoms with Crippen molar-refractivity contribution in [2.45, 2.75) is 0 Å². The number of nitrogens with one attached hydrogen (secondary N) is 2. The van der Waals surface area contributed by atoms with Crippen LogP contribution in [0.5, 0.6) is 0 Å². The van der Waals surface area contributed by atoms with Crippen LogP contribution in [0, 0.1) is 10.1 Å². The number of carbonyl (C=O) groups is 2. The van der Waals surface area contributed by atoms with Crippen LogP contribution in [0.25, 0.3) is 0 Å². The number of nitrogens with zero attached hydrogens (tertiary/aromatic N) is 2. The van der Waals surface area contributed by atoms with E-state index in [4.69, 9.17) is 27.9 Å². The molecule has 1 saturated heterocycles. The number of hydrogen-bond acceptors (Lipinski definition) is 6. The Kier molecular flexibility index (Phi) is 7.50. The smallest absolute Gasteiger partial charge is 0.270 e. The van der Waals surface area contributed by atoms with Crippen LogP contribution in [0.4, 0.5) is 22.7 Å². The molecule has 3 aromatic carbocycles. The van der Waals surface area contributed by atoms with E-state index in [9.17, 15) is 19.7 Å². The molecule has 0 unspecified atom stereocenters. The molecular weight excluding hydrogens is 495 g/mol. The van der Waals surface area contributed by atoms with Crippen molar-refractivity contribution in [3.63, 3.8) is 0 Å². The molecule has 1 fully saturated rings. The number of nitro benzene ring substituents is 1. The van der Waals surface area contributed by atoms with Gasteiger partial charge in [-0.25, -0.2) is 0 Å². The molecule has 0 saturated carbocycles. The van der Waals surface area contributed by atoms with Gasteiger partial charge in [-0.1, -0.05) is 23.2 Å². The van der Waals surface area contributed by atoms with Crippen LogP contribution in [-0.2, 0) is 4.74 Å². The Bertz CT molecular complexity index is 1280. The second kappa shape index (κ2) is 10.7. The van der Waals surface area contributed by atoms with Gasteiger partial charge in [0.05, 0.1) is 40.0 Å². The van der Waals surface area contributed by atoms with E-state index in [1.165, 1.54) is 24.3 Å². The summed E-state index contributed by atoms with van der Waals surface area (Å²) in [6, 6.07) is 15.3. The Labute approximate surface area is 210 Å². The van der Waals surface area contributed by atoms with Crippen LogP contribution >= 0.6 is 23.2 Å². The highest BCUT2D eigenvalue weighted by Crippen LogP contribution is 2.28.